The number of anilines is 1. The third kappa shape index (κ3) is 4.02. The van der Waals surface area contributed by atoms with Crippen LogP contribution in [0.4, 0.5) is 10.1 Å². The Hall–Kier alpha value is -1.94. The van der Waals surface area contributed by atoms with Gasteiger partial charge in [0.05, 0.1) is 24.4 Å². The first kappa shape index (κ1) is 15.4. The summed E-state index contributed by atoms with van der Waals surface area (Å²) in [6, 6.07) is 9.97. The maximum atomic E-state index is 13.0. The Labute approximate surface area is 128 Å². The topological polar surface area (TPSA) is 30.5 Å². The average Bonchev–Trinajstić information content (AvgIpc) is 2.47. The lowest BCUT2D eigenvalue weighted by atomic mass is 10.2. The molecular weight excluding hydrogens is 293 g/mol. The minimum absolute atomic E-state index is 0.353. The smallest absolute Gasteiger partial charge is 0.161 e. The quantitative estimate of drug-likeness (QED) is 0.852. The van der Waals surface area contributed by atoms with Gasteiger partial charge in [0.25, 0.3) is 0 Å². The lowest BCUT2D eigenvalue weighted by Crippen LogP contribution is -2.02. The van der Waals surface area contributed by atoms with Gasteiger partial charge in [-0.2, -0.15) is 0 Å². The van der Waals surface area contributed by atoms with Gasteiger partial charge in [-0.25, -0.2) is 4.39 Å². The molecule has 0 aliphatic carbocycles. The number of methoxy groups -OCH3 is 1. The lowest BCUT2D eigenvalue weighted by molar-refractivity contribution is 0.310. The van der Waals surface area contributed by atoms with Gasteiger partial charge in [-0.1, -0.05) is 17.7 Å². The summed E-state index contributed by atoms with van der Waals surface area (Å²) in [6.07, 6.45) is 0. The zero-order chi connectivity index (χ0) is 15.2. The van der Waals surface area contributed by atoms with Crippen molar-refractivity contribution in [3.8, 4) is 11.5 Å². The van der Waals surface area contributed by atoms with Crippen LogP contribution >= 0.6 is 11.6 Å². The Morgan fingerprint density at radius 2 is 1.95 bits per heavy atom. The number of hydrogen-bond acceptors (Lipinski definition) is 3. The number of ether oxygens (including phenoxy) is 2. The molecule has 112 valence electrons. The Morgan fingerprint density at radius 3 is 2.62 bits per heavy atom. The molecule has 21 heavy (non-hydrogen) atoms. The molecule has 0 amide bonds. The lowest BCUT2D eigenvalue weighted by Gasteiger charge is -2.12. The van der Waals surface area contributed by atoms with Gasteiger partial charge >= 0.3 is 0 Å². The number of rotatable bonds is 6. The van der Waals surface area contributed by atoms with Gasteiger partial charge in [-0.05, 0) is 42.8 Å². The highest BCUT2D eigenvalue weighted by Crippen LogP contribution is 2.29. The first-order valence-electron chi connectivity index (χ1n) is 6.62. The van der Waals surface area contributed by atoms with Crippen LogP contribution in [-0.4, -0.2) is 13.7 Å². The maximum Gasteiger partial charge on any atom is 0.161 e. The van der Waals surface area contributed by atoms with Crippen LogP contribution in [0.3, 0.4) is 0 Å². The van der Waals surface area contributed by atoms with Crippen LogP contribution in [0.5, 0.6) is 11.5 Å². The van der Waals surface area contributed by atoms with E-state index in [9.17, 15) is 4.39 Å². The fourth-order valence-electron chi connectivity index (χ4n) is 1.93. The van der Waals surface area contributed by atoms with E-state index in [1.807, 2.05) is 25.1 Å². The molecule has 0 spiro atoms. The van der Waals surface area contributed by atoms with Crippen LogP contribution in [0.1, 0.15) is 12.5 Å². The van der Waals surface area contributed by atoms with Gasteiger partial charge in [0, 0.05) is 6.54 Å². The molecule has 2 aromatic rings. The SMILES string of the molecule is CCOc1cc(CNc2ccc(F)cc2Cl)ccc1OC. The number of benzene rings is 2. The van der Waals surface area contributed by atoms with Crippen molar-refractivity contribution < 1.29 is 13.9 Å². The van der Waals surface area contributed by atoms with E-state index >= 15 is 0 Å². The molecule has 2 rings (SSSR count). The predicted octanol–water partition coefficient (Wildman–Crippen LogP) is 4.50. The highest BCUT2D eigenvalue weighted by Gasteiger charge is 2.06. The molecule has 0 bridgehead atoms. The molecule has 0 unspecified atom stereocenters. The molecule has 1 N–H and O–H groups in total. The number of halogens is 2. The van der Waals surface area contributed by atoms with Gasteiger partial charge in [-0.15, -0.1) is 0 Å². The van der Waals surface area contributed by atoms with Gasteiger partial charge in [0.1, 0.15) is 5.82 Å². The molecule has 0 aliphatic heterocycles. The normalized spacial score (nSPS) is 10.3. The highest BCUT2D eigenvalue weighted by molar-refractivity contribution is 6.33. The van der Waals surface area contributed by atoms with Crippen LogP contribution in [0.25, 0.3) is 0 Å². The second-order valence-corrected chi connectivity index (χ2v) is 4.80. The molecule has 0 saturated heterocycles. The molecule has 0 aliphatic rings. The van der Waals surface area contributed by atoms with Crippen molar-refractivity contribution >= 4 is 17.3 Å². The van der Waals surface area contributed by atoms with E-state index in [2.05, 4.69) is 5.32 Å². The molecule has 5 heteroatoms. The molecule has 0 fully saturated rings. The van der Waals surface area contributed by atoms with Crippen molar-refractivity contribution in [3.05, 3.63) is 52.8 Å². The Balaban J connectivity index is 2.10. The second-order valence-electron chi connectivity index (χ2n) is 4.40. The number of hydrogen-bond donors (Lipinski definition) is 1. The van der Waals surface area contributed by atoms with Gasteiger partial charge in [0.15, 0.2) is 11.5 Å². The van der Waals surface area contributed by atoms with Crippen molar-refractivity contribution in [1.82, 2.24) is 0 Å². The molecule has 0 heterocycles. The highest BCUT2D eigenvalue weighted by atomic mass is 35.5. The second kappa shape index (κ2) is 7.18. The zero-order valence-corrected chi connectivity index (χ0v) is 12.7. The Bertz CT molecular complexity index is 619. The molecule has 0 radical (unpaired) electrons. The summed E-state index contributed by atoms with van der Waals surface area (Å²) in [4.78, 5) is 0. The summed E-state index contributed by atoms with van der Waals surface area (Å²) < 4.78 is 23.8. The molecule has 0 saturated carbocycles. The summed E-state index contributed by atoms with van der Waals surface area (Å²) >= 11 is 5.98. The summed E-state index contributed by atoms with van der Waals surface area (Å²) in [5.41, 5.74) is 1.70. The van der Waals surface area contributed by atoms with E-state index in [0.717, 1.165) is 5.56 Å². The summed E-state index contributed by atoms with van der Waals surface area (Å²) in [7, 11) is 1.61. The third-order valence-corrected chi connectivity index (χ3v) is 3.25. The van der Waals surface area contributed by atoms with Crippen molar-refractivity contribution in [3.63, 3.8) is 0 Å². The van der Waals surface area contributed by atoms with E-state index in [-0.39, 0.29) is 5.82 Å². The summed E-state index contributed by atoms with van der Waals surface area (Å²) in [5.74, 6) is 1.04. The van der Waals surface area contributed by atoms with Crippen molar-refractivity contribution in [2.24, 2.45) is 0 Å². The van der Waals surface area contributed by atoms with Crippen molar-refractivity contribution in [1.29, 1.82) is 0 Å². The van der Waals surface area contributed by atoms with Crippen LogP contribution in [0.2, 0.25) is 5.02 Å². The standard InChI is InChI=1S/C16H17ClFNO2/c1-3-21-16-8-11(4-7-15(16)20-2)10-19-14-6-5-12(18)9-13(14)17/h4-9,19H,3,10H2,1-2H3. The number of nitrogens with one attached hydrogen (secondary N) is 1. The van der Waals surface area contributed by atoms with E-state index < -0.39 is 0 Å². The minimum Gasteiger partial charge on any atom is -0.493 e. The van der Waals surface area contributed by atoms with Gasteiger partial charge < -0.3 is 14.8 Å². The molecule has 3 nitrogen and oxygen atoms in total. The van der Waals surface area contributed by atoms with Gasteiger partial charge in [-0.3, -0.25) is 0 Å². The maximum absolute atomic E-state index is 13.0. The van der Waals surface area contributed by atoms with Crippen molar-refractivity contribution in [2.45, 2.75) is 13.5 Å². The molecule has 2 aromatic carbocycles. The molecule has 0 atom stereocenters. The van der Waals surface area contributed by atoms with Crippen LogP contribution < -0.4 is 14.8 Å². The van der Waals surface area contributed by atoms with Crippen LogP contribution in [0, 0.1) is 5.82 Å². The fraction of sp³-hybridized carbons (Fsp3) is 0.250. The summed E-state index contributed by atoms with van der Waals surface area (Å²) in [6.45, 7) is 3.04. The van der Waals surface area contributed by atoms with E-state index in [0.29, 0.717) is 35.4 Å². The average molecular weight is 310 g/mol. The van der Waals surface area contributed by atoms with Crippen LogP contribution in [-0.2, 0) is 6.54 Å². The predicted molar refractivity (Wildman–Crippen MR) is 82.9 cm³/mol. The van der Waals surface area contributed by atoms with Gasteiger partial charge in [0.2, 0.25) is 0 Å². The third-order valence-electron chi connectivity index (χ3n) is 2.94. The Kier molecular flexibility index (Phi) is 5.28. The van der Waals surface area contributed by atoms with E-state index in [1.165, 1.54) is 12.1 Å². The van der Waals surface area contributed by atoms with E-state index in [4.69, 9.17) is 21.1 Å². The first-order chi connectivity index (χ1) is 10.1. The zero-order valence-electron chi connectivity index (χ0n) is 12.0. The molecule has 0 aromatic heterocycles. The van der Waals surface area contributed by atoms with Crippen molar-refractivity contribution in [2.75, 3.05) is 19.0 Å². The summed E-state index contributed by atoms with van der Waals surface area (Å²) in [5, 5.41) is 3.52. The Morgan fingerprint density at radius 1 is 1.14 bits per heavy atom. The fourth-order valence-corrected chi connectivity index (χ4v) is 2.16. The van der Waals surface area contributed by atoms with Crippen LogP contribution in [0.15, 0.2) is 36.4 Å². The molecular formula is C16H17ClFNO2. The van der Waals surface area contributed by atoms with E-state index in [1.54, 1.807) is 13.2 Å². The minimum atomic E-state index is -0.353. The largest absolute Gasteiger partial charge is 0.493 e. The monoisotopic (exact) mass is 309 g/mol. The first-order valence-corrected chi connectivity index (χ1v) is 7.00.